The van der Waals surface area contributed by atoms with Crippen LogP contribution >= 0.6 is 0 Å². The van der Waals surface area contributed by atoms with Crippen molar-refractivity contribution in [3.63, 3.8) is 0 Å². The minimum atomic E-state index is 0.451. The predicted octanol–water partition coefficient (Wildman–Crippen LogP) is 3.06. The molecule has 1 unspecified atom stereocenters. The van der Waals surface area contributed by atoms with Crippen molar-refractivity contribution >= 4 is 0 Å². The highest BCUT2D eigenvalue weighted by Gasteiger charge is 2.21. The fourth-order valence-electron chi connectivity index (χ4n) is 1.51. The average Bonchev–Trinajstić information content (AvgIpc) is 1.91. The second kappa shape index (κ2) is 4.45. The average molecular weight is 183 g/mol. The van der Waals surface area contributed by atoms with Crippen molar-refractivity contribution in [2.75, 3.05) is 13.1 Å². The van der Waals surface area contributed by atoms with Gasteiger partial charge in [-0.05, 0) is 43.2 Å². The van der Waals surface area contributed by atoms with Gasteiger partial charge >= 0.3 is 0 Å². The zero-order valence-electron chi connectivity index (χ0n) is 9.69. The van der Waals surface area contributed by atoms with Crippen molar-refractivity contribution in [3.8, 4) is 0 Å². The van der Waals surface area contributed by atoms with Gasteiger partial charge in [-0.2, -0.15) is 0 Å². The van der Waals surface area contributed by atoms with Gasteiger partial charge in [0.1, 0.15) is 0 Å². The van der Waals surface area contributed by atoms with E-state index in [0.717, 1.165) is 11.8 Å². The van der Waals surface area contributed by atoms with Gasteiger partial charge in [0, 0.05) is 0 Å². The van der Waals surface area contributed by atoms with Crippen molar-refractivity contribution in [1.82, 2.24) is 5.32 Å². The van der Waals surface area contributed by atoms with E-state index in [9.17, 15) is 0 Å². The summed E-state index contributed by atoms with van der Waals surface area (Å²) in [6.07, 6.45) is 4.37. The summed E-state index contributed by atoms with van der Waals surface area (Å²) in [5.74, 6) is 1.76. The molecule has 0 aromatic rings. The summed E-state index contributed by atoms with van der Waals surface area (Å²) >= 11 is 0. The molecule has 0 aliphatic heterocycles. The van der Waals surface area contributed by atoms with E-state index >= 15 is 0 Å². The fourth-order valence-corrected chi connectivity index (χ4v) is 1.51. The zero-order chi connectivity index (χ0) is 9.90. The lowest BCUT2D eigenvalue weighted by atomic mass is 9.81. The normalized spacial score (nSPS) is 21.2. The summed E-state index contributed by atoms with van der Waals surface area (Å²) in [6.45, 7) is 11.7. The Morgan fingerprint density at radius 2 is 1.92 bits per heavy atom. The Kier molecular flexibility index (Phi) is 3.78. The molecular weight excluding hydrogens is 158 g/mol. The Hall–Kier alpha value is -0.0400. The third-order valence-electron chi connectivity index (χ3n) is 3.59. The molecule has 78 valence electrons. The molecule has 1 N–H and O–H groups in total. The Balaban J connectivity index is 2.04. The van der Waals surface area contributed by atoms with E-state index in [-0.39, 0.29) is 0 Å². The maximum atomic E-state index is 3.59. The second-order valence-electron chi connectivity index (χ2n) is 5.72. The van der Waals surface area contributed by atoms with Gasteiger partial charge in [-0.1, -0.05) is 34.1 Å². The van der Waals surface area contributed by atoms with Crippen LogP contribution in [0.5, 0.6) is 0 Å². The summed E-state index contributed by atoms with van der Waals surface area (Å²) in [5.41, 5.74) is 0.451. The molecule has 1 heteroatoms. The molecule has 1 fully saturated rings. The predicted molar refractivity (Wildman–Crippen MR) is 58.8 cm³/mol. The van der Waals surface area contributed by atoms with Crippen LogP contribution in [0.4, 0.5) is 0 Å². The van der Waals surface area contributed by atoms with Crippen LogP contribution in [0.3, 0.4) is 0 Å². The molecule has 1 atom stereocenters. The van der Waals surface area contributed by atoms with E-state index in [2.05, 4.69) is 33.0 Å². The maximum absolute atomic E-state index is 3.59. The minimum absolute atomic E-state index is 0.451. The topological polar surface area (TPSA) is 12.0 Å². The molecule has 0 heterocycles. The second-order valence-corrected chi connectivity index (χ2v) is 5.72. The molecule has 0 aromatic heterocycles. The summed E-state index contributed by atoms with van der Waals surface area (Å²) in [4.78, 5) is 0. The third-order valence-corrected chi connectivity index (χ3v) is 3.59. The Morgan fingerprint density at radius 3 is 2.31 bits per heavy atom. The highest BCUT2D eigenvalue weighted by Crippen LogP contribution is 2.26. The van der Waals surface area contributed by atoms with Gasteiger partial charge in [0.25, 0.3) is 0 Å². The first-order valence-corrected chi connectivity index (χ1v) is 5.71. The molecular formula is C12H25N. The number of nitrogens with one attached hydrogen (secondary N) is 1. The van der Waals surface area contributed by atoms with Crippen molar-refractivity contribution < 1.29 is 0 Å². The standard InChI is InChI=1S/C12H25N/c1-10(12(2,3)4)8-13-9-11-6-5-7-11/h10-11,13H,5-9H2,1-4H3. The van der Waals surface area contributed by atoms with E-state index in [0.29, 0.717) is 5.41 Å². The molecule has 13 heavy (non-hydrogen) atoms. The maximum Gasteiger partial charge on any atom is -0.00180 e. The highest BCUT2D eigenvalue weighted by molar-refractivity contribution is 4.75. The summed E-state index contributed by atoms with van der Waals surface area (Å²) in [5, 5.41) is 3.59. The zero-order valence-corrected chi connectivity index (χ0v) is 9.69. The minimum Gasteiger partial charge on any atom is -0.316 e. The first-order chi connectivity index (χ1) is 6.00. The van der Waals surface area contributed by atoms with Crippen LogP contribution in [0.15, 0.2) is 0 Å². The molecule has 0 saturated heterocycles. The Bertz CT molecular complexity index is 142. The summed E-state index contributed by atoms with van der Waals surface area (Å²) in [7, 11) is 0. The van der Waals surface area contributed by atoms with Crippen LogP contribution < -0.4 is 5.32 Å². The molecule has 1 aliphatic rings. The first kappa shape index (κ1) is 11.0. The van der Waals surface area contributed by atoms with Gasteiger partial charge in [-0.25, -0.2) is 0 Å². The molecule has 0 aromatic carbocycles. The molecule has 1 rings (SSSR count). The number of hydrogen-bond acceptors (Lipinski definition) is 1. The molecule has 1 saturated carbocycles. The largest absolute Gasteiger partial charge is 0.316 e. The lowest BCUT2D eigenvalue weighted by molar-refractivity contribution is 0.235. The highest BCUT2D eigenvalue weighted by atomic mass is 14.9. The SMILES string of the molecule is CC(CNCC1CCC1)C(C)(C)C. The van der Waals surface area contributed by atoms with Crippen LogP contribution in [0.1, 0.15) is 47.0 Å². The molecule has 0 radical (unpaired) electrons. The van der Waals surface area contributed by atoms with Gasteiger partial charge in [-0.3, -0.25) is 0 Å². The number of rotatable bonds is 4. The summed E-state index contributed by atoms with van der Waals surface area (Å²) < 4.78 is 0. The van der Waals surface area contributed by atoms with Crippen molar-refractivity contribution in [2.24, 2.45) is 17.3 Å². The van der Waals surface area contributed by atoms with Crippen LogP contribution in [-0.2, 0) is 0 Å². The monoisotopic (exact) mass is 183 g/mol. The lowest BCUT2D eigenvalue weighted by Gasteiger charge is -2.30. The van der Waals surface area contributed by atoms with Crippen LogP contribution in [0, 0.1) is 17.3 Å². The third kappa shape index (κ3) is 3.68. The van der Waals surface area contributed by atoms with Crippen LogP contribution in [0.25, 0.3) is 0 Å². The van der Waals surface area contributed by atoms with Gasteiger partial charge in [0.2, 0.25) is 0 Å². The Morgan fingerprint density at radius 1 is 1.31 bits per heavy atom. The van der Waals surface area contributed by atoms with Crippen LogP contribution in [0.2, 0.25) is 0 Å². The van der Waals surface area contributed by atoms with Gasteiger partial charge in [0.15, 0.2) is 0 Å². The van der Waals surface area contributed by atoms with Crippen molar-refractivity contribution in [2.45, 2.75) is 47.0 Å². The molecule has 1 aliphatic carbocycles. The fraction of sp³-hybridized carbons (Fsp3) is 1.00. The van der Waals surface area contributed by atoms with Gasteiger partial charge < -0.3 is 5.32 Å². The first-order valence-electron chi connectivity index (χ1n) is 5.71. The van der Waals surface area contributed by atoms with E-state index in [1.807, 2.05) is 0 Å². The summed E-state index contributed by atoms with van der Waals surface area (Å²) in [6, 6.07) is 0. The van der Waals surface area contributed by atoms with E-state index in [1.54, 1.807) is 0 Å². The molecule has 0 amide bonds. The van der Waals surface area contributed by atoms with Crippen molar-refractivity contribution in [3.05, 3.63) is 0 Å². The van der Waals surface area contributed by atoms with E-state index in [4.69, 9.17) is 0 Å². The molecule has 1 nitrogen and oxygen atoms in total. The molecule has 0 spiro atoms. The van der Waals surface area contributed by atoms with E-state index < -0.39 is 0 Å². The lowest BCUT2D eigenvalue weighted by Crippen LogP contribution is -2.34. The quantitative estimate of drug-likeness (QED) is 0.706. The van der Waals surface area contributed by atoms with E-state index in [1.165, 1.54) is 32.4 Å². The Labute approximate surface area is 83.3 Å². The van der Waals surface area contributed by atoms with Crippen LogP contribution in [-0.4, -0.2) is 13.1 Å². The molecule has 0 bridgehead atoms. The van der Waals surface area contributed by atoms with Gasteiger partial charge in [-0.15, -0.1) is 0 Å². The smallest absolute Gasteiger partial charge is 0.00180 e. The van der Waals surface area contributed by atoms with Crippen molar-refractivity contribution in [1.29, 1.82) is 0 Å². The van der Waals surface area contributed by atoms with Gasteiger partial charge in [0.05, 0.1) is 0 Å². The number of hydrogen-bond donors (Lipinski definition) is 1.